The fraction of sp³-hybridized carbons (Fsp3) is 0.250. The third kappa shape index (κ3) is 2.30. The Bertz CT molecular complexity index is 816. The van der Waals surface area contributed by atoms with Crippen molar-refractivity contribution >= 4 is 40.8 Å². The van der Waals surface area contributed by atoms with E-state index in [1.807, 2.05) is 24.0 Å². The molecule has 0 aliphatic heterocycles. The van der Waals surface area contributed by atoms with E-state index in [0.29, 0.717) is 0 Å². The monoisotopic (exact) mass is 313 g/mol. The van der Waals surface area contributed by atoms with Crippen LogP contribution in [0.15, 0.2) is 36.1 Å². The van der Waals surface area contributed by atoms with Gasteiger partial charge < -0.3 is 0 Å². The van der Waals surface area contributed by atoms with Gasteiger partial charge in [-0.3, -0.25) is 3.97 Å². The summed E-state index contributed by atoms with van der Waals surface area (Å²) in [7, 11) is 0. The number of aromatic nitrogens is 3. The third-order valence-electron chi connectivity index (χ3n) is 3.95. The van der Waals surface area contributed by atoms with Crippen LogP contribution in [0, 0.1) is 0 Å². The quantitative estimate of drug-likeness (QED) is 0.688. The predicted molar refractivity (Wildman–Crippen MR) is 91.7 cm³/mol. The van der Waals surface area contributed by atoms with Crippen molar-refractivity contribution < 1.29 is 0 Å². The van der Waals surface area contributed by atoms with Gasteiger partial charge in [0.1, 0.15) is 10.7 Å². The van der Waals surface area contributed by atoms with E-state index in [2.05, 4.69) is 34.9 Å². The fourth-order valence-corrected chi connectivity index (χ4v) is 3.83. The van der Waals surface area contributed by atoms with Crippen molar-refractivity contribution in [1.29, 1.82) is 0 Å². The van der Waals surface area contributed by atoms with Gasteiger partial charge in [-0.25, -0.2) is 9.97 Å². The Hall–Kier alpha value is -1.59. The standard InChI is InChI=1S/C16H15N3S2/c20-19-10-14(16-17-6-7-21-16)13-8-12(9-18-15(13)19)11-4-2-1-3-5-11/h4,6-10,20H,1-3,5H2. The molecule has 106 valence electrons. The average molecular weight is 313 g/mol. The van der Waals surface area contributed by atoms with Crippen molar-refractivity contribution in [3.8, 4) is 10.6 Å². The zero-order valence-corrected chi connectivity index (χ0v) is 13.2. The number of pyridine rings is 1. The Morgan fingerprint density at radius 1 is 1.24 bits per heavy atom. The first-order valence-electron chi connectivity index (χ1n) is 7.12. The molecule has 0 spiro atoms. The smallest absolute Gasteiger partial charge is 0.150 e. The van der Waals surface area contributed by atoms with Gasteiger partial charge in [-0.2, -0.15) is 0 Å². The van der Waals surface area contributed by atoms with Crippen molar-refractivity contribution in [2.45, 2.75) is 25.7 Å². The van der Waals surface area contributed by atoms with Gasteiger partial charge in [0.2, 0.25) is 0 Å². The number of thiazole rings is 1. The largest absolute Gasteiger partial charge is 0.277 e. The molecule has 4 rings (SSSR count). The lowest BCUT2D eigenvalue weighted by atomic mass is 9.94. The molecule has 3 heterocycles. The summed E-state index contributed by atoms with van der Waals surface area (Å²) in [6, 6.07) is 2.24. The van der Waals surface area contributed by atoms with E-state index in [9.17, 15) is 0 Å². The van der Waals surface area contributed by atoms with E-state index in [0.717, 1.165) is 28.0 Å². The minimum atomic E-state index is 0.892. The summed E-state index contributed by atoms with van der Waals surface area (Å²) in [5.41, 5.74) is 4.66. The number of allylic oxidation sites excluding steroid dienone is 2. The summed E-state index contributed by atoms with van der Waals surface area (Å²) < 4.78 is 1.78. The van der Waals surface area contributed by atoms with Gasteiger partial charge in [0.05, 0.1) is 0 Å². The van der Waals surface area contributed by atoms with E-state index >= 15 is 0 Å². The van der Waals surface area contributed by atoms with Crippen LogP contribution in [0.1, 0.15) is 31.2 Å². The Morgan fingerprint density at radius 2 is 2.19 bits per heavy atom. The van der Waals surface area contributed by atoms with Crippen LogP contribution in [0.25, 0.3) is 27.2 Å². The SMILES string of the molecule is Sn1cc(-c2nccs2)c2cc(C3=CCCCC3)cnc21. The maximum Gasteiger partial charge on any atom is 0.150 e. The van der Waals surface area contributed by atoms with Crippen LogP contribution in [0.2, 0.25) is 0 Å². The van der Waals surface area contributed by atoms with E-state index in [1.54, 1.807) is 15.3 Å². The number of nitrogens with zero attached hydrogens (tertiary/aromatic N) is 3. The molecule has 0 N–H and O–H groups in total. The molecule has 0 amide bonds. The van der Waals surface area contributed by atoms with Gasteiger partial charge in [-0.05, 0) is 42.9 Å². The Kier molecular flexibility index (Phi) is 3.31. The molecule has 0 fully saturated rings. The lowest BCUT2D eigenvalue weighted by Crippen LogP contribution is -1.93. The van der Waals surface area contributed by atoms with Gasteiger partial charge in [0.25, 0.3) is 0 Å². The van der Waals surface area contributed by atoms with E-state index in [-0.39, 0.29) is 0 Å². The number of rotatable bonds is 2. The lowest BCUT2D eigenvalue weighted by Gasteiger charge is -2.12. The second kappa shape index (κ2) is 5.31. The first-order valence-corrected chi connectivity index (χ1v) is 8.40. The molecular weight excluding hydrogens is 298 g/mol. The summed E-state index contributed by atoms with van der Waals surface area (Å²) in [5, 5.41) is 4.14. The van der Waals surface area contributed by atoms with Crippen LogP contribution in [-0.2, 0) is 0 Å². The van der Waals surface area contributed by atoms with Crippen molar-refractivity contribution in [1.82, 2.24) is 13.9 Å². The highest BCUT2D eigenvalue weighted by Gasteiger charge is 2.14. The zero-order chi connectivity index (χ0) is 14.2. The van der Waals surface area contributed by atoms with Gasteiger partial charge in [0.15, 0.2) is 0 Å². The first kappa shape index (κ1) is 13.1. The number of hydrogen-bond acceptors (Lipinski definition) is 4. The maximum atomic E-state index is 4.61. The molecule has 3 nitrogen and oxygen atoms in total. The first-order chi connectivity index (χ1) is 10.3. The zero-order valence-electron chi connectivity index (χ0n) is 11.5. The Morgan fingerprint density at radius 3 is 2.95 bits per heavy atom. The highest BCUT2D eigenvalue weighted by atomic mass is 32.1. The molecule has 0 radical (unpaired) electrons. The molecule has 0 atom stereocenters. The van der Waals surface area contributed by atoms with Crippen LogP contribution in [0.4, 0.5) is 0 Å². The summed E-state index contributed by atoms with van der Waals surface area (Å²) in [6.45, 7) is 0. The minimum Gasteiger partial charge on any atom is -0.277 e. The molecule has 0 bridgehead atoms. The molecule has 5 heteroatoms. The molecule has 3 aromatic heterocycles. The van der Waals surface area contributed by atoms with Crippen LogP contribution >= 0.6 is 24.2 Å². The second-order valence-corrected chi connectivity index (χ2v) is 6.62. The molecular formula is C16H15N3S2. The summed E-state index contributed by atoms with van der Waals surface area (Å²) in [4.78, 5) is 9.03. The molecule has 0 saturated carbocycles. The predicted octanol–water partition coefficient (Wildman–Crippen LogP) is 4.81. The normalized spacial score (nSPS) is 15.4. The number of fused-ring (bicyclic) bond motifs is 1. The molecule has 0 saturated heterocycles. The van der Waals surface area contributed by atoms with Crippen LogP contribution in [0.5, 0.6) is 0 Å². The van der Waals surface area contributed by atoms with Gasteiger partial charge in [0, 0.05) is 34.9 Å². The lowest BCUT2D eigenvalue weighted by molar-refractivity contribution is 0.742. The molecule has 21 heavy (non-hydrogen) atoms. The maximum absolute atomic E-state index is 4.61. The molecule has 1 aliphatic rings. The van der Waals surface area contributed by atoms with E-state index in [4.69, 9.17) is 0 Å². The highest BCUT2D eigenvalue weighted by molar-refractivity contribution is 7.78. The fourth-order valence-electron chi connectivity index (χ4n) is 2.89. The topological polar surface area (TPSA) is 30.7 Å². The van der Waals surface area contributed by atoms with Crippen molar-refractivity contribution in [2.75, 3.05) is 0 Å². The molecule has 0 aromatic carbocycles. The molecule has 0 unspecified atom stereocenters. The number of hydrogen-bond donors (Lipinski definition) is 1. The van der Waals surface area contributed by atoms with E-state index in [1.165, 1.54) is 30.4 Å². The third-order valence-corrected chi connectivity index (χ3v) is 5.06. The van der Waals surface area contributed by atoms with Crippen molar-refractivity contribution in [3.63, 3.8) is 0 Å². The summed E-state index contributed by atoms with van der Waals surface area (Å²) in [6.07, 6.45) is 13.1. The van der Waals surface area contributed by atoms with Crippen LogP contribution in [0.3, 0.4) is 0 Å². The Labute approximate surface area is 132 Å². The van der Waals surface area contributed by atoms with Crippen LogP contribution < -0.4 is 0 Å². The minimum absolute atomic E-state index is 0.892. The summed E-state index contributed by atoms with van der Waals surface area (Å²) in [5.74, 6) is 0. The van der Waals surface area contributed by atoms with E-state index < -0.39 is 0 Å². The average Bonchev–Trinajstić information content (AvgIpc) is 3.16. The molecule has 3 aromatic rings. The van der Waals surface area contributed by atoms with Gasteiger partial charge in [-0.1, -0.05) is 18.9 Å². The van der Waals surface area contributed by atoms with Gasteiger partial charge >= 0.3 is 0 Å². The van der Waals surface area contributed by atoms with Gasteiger partial charge in [-0.15, -0.1) is 11.3 Å². The summed E-state index contributed by atoms with van der Waals surface area (Å²) >= 11 is 6.12. The highest BCUT2D eigenvalue weighted by Crippen LogP contribution is 2.34. The second-order valence-electron chi connectivity index (χ2n) is 5.29. The number of thiol groups is 1. The molecule has 1 aliphatic carbocycles. The Balaban J connectivity index is 1.90. The van der Waals surface area contributed by atoms with Crippen molar-refractivity contribution in [3.05, 3.63) is 41.7 Å². The van der Waals surface area contributed by atoms with Crippen LogP contribution in [-0.4, -0.2) is 13.9 Å². The van der Waals surface area contributed by atoms with Crippen molar-refractivity contribution in [2.24, 2.45) is 0 Å².